The van der Waals surface area contributed by atoms with Gasteiger partial charge in [-0.05, 0) is 54.3 Å². The molecule has 2 N–H and O–H groups in total. The van der Waals surface area contributed by atoms with E-state index in [-0.39, 0.29) is 35.7 Å². The Morgan fingerprint density at radius 3 is 2.36 bits per heavy atom. The number of carbonyl (C=O) groups excluding carboxylic acids is 1. The van der Waals surface area contributed by atoms with Gasteiger partial charge >= 0.3 is 23.9 Å². The molecule has 1 saturated heterocycles. The number of carboxylic acid groups (broad SMARTS) is 1. The Hall–Kier alpha value is -4.42. The topological polar surface area (TPSA) is 127 Å². The minimum absolute atomic E-state index is 0.00363. The average molecular weight is 501 g/mol. The normalized spacial score (nSPS) is 17.2. The molecular formula is C23H18F3N5O5. The van der Waals surface area contributed by atoms with Gasteiger partial charge in [0.05, 0.1) is 17.3 Å². The van der Waals surface area contributed by atoms with Crippen molar-refractivity contribution in [2.75, 3.05) is 18.0 Å². The van der Waals surface area contributed by atoms with Crippen LogP contribution >= 0.6 is 0 Å². The fraction of sp³-hybridized carbons (Fsp3) is 0.261. The number of aromatic nitrogens is 3. The molecule has 1 aliphatic heterocycles. The standard InChI is InChI=1S/C23H18F3N5O5/c24-23(25,26)16-3-1-2-15-14(16)8-9-17(15)30-19(32)18(20(33)34)28-31(22(30)36)13-6-4-12(5-7-13)29-11-10-27-21(29)35/h1-7,17H,8-11H2,(H,27,35)(H,33,34). The Bertz CT molecular complexity index is 1510. The van der Waals surface area contributed by atoms with E-state index in [9.17, 15) is 37.5 Å². The van der Waals surface area contributed by atoms with E-state index in [0.29, 0.717) is 23.3 Å². The largest absolute Gasteiger partial charge is 0.476 e. The van der Waals surface area contributed by atoms with Gasteiger partial charge < -0.3 is 10.4 Å². The predicted molar refractivity (Wildman–Crippen MR) is 120 cm³/mol. The van der Waals surface area contributed by atoms with Crippen LogP contribution in [-0.2, 0) is 12.6 Å². The summed E-state index contributed by atoms with van der Waals surface area (Å²) in [7, 11) is 0. The van der Waals surface area contributed by atoms with Gasteiger partial charge in [0.15, 0.2) is 0 Å². The van der Waals surface area contributed by atoms with Crippen LogP contribution in [0.5, 0.6) is 0 Å². The van der Waals surface area contributed by atoms with Gasteiger partial charge in [-0.2, -0.15) is 23.0 Å². The van der Waals surface area contributed by atoms with E-state index in [2.05, 4.69) is 10.4 Å². The molecule has 13 heteroatoms. The van der Waals surface area contributed by atoms with E-state index >= 15 is 0 Å². The van der Waals surface area contributed by atoms with Crippen molar-refractivity contribution in [3.05, 3.63) is 85.7 Å². The predicted octanol–water partition coefficient (Wildman–Crippen LogP) is 2.18. The number of urea groups is 1. The smallest absolute Gasteiger partial charge is 0.416 e. The summed E-state index contributed by atoms with van der Waals surface area (Å²) in [6.07, 6.45) is -4.66. The number of anilines is 1. The van der Waals surface area contributed by atoms with E-state index in [1.807, 2.05) is 0 Å². The lowest BCUT2D eigenvalue weighted by Crippen LogP contribution is -2.45. The summed E-state index contributed by atoms with van der Waals surface area (Å²) in [6.45, 7) is 0.902. The second kappa shape index (κ2) is 8.36. The number of aromatic carboxylic acids is 1. The molecule has 1 unspecified atom stereocenters. The molecule has 2 aliphatic rings. The fourth-order valence-electron chi connectivity index (χ4n) is 4.72. The van der Waals surface area contributed by atoms with Crippen molar-refractivity contribution >= 4 is 17.7 Å². The summed E-state index contributed by atoms with van der Waals surface area (Å²) in [5.41, 5.74) is -3.26. The molecule has 2 heterocycles. The molecule has 0 saturated carbocycles. The van der Waals surface area contributed by atoms with Crippen LogP contribution in [0, 0.1) is 0 Å². The van der Waals surface area contributed by atoms with E-state index in [1.165, 1.54) is 41.3 Å². The molecule has 2 aromatic carbocycles. The Labute approximate surface area is 200 Å². The minimum atomic E-state index is -4.62. The van der Waals surface area contributed by atoms with Crippen LogP contribution in [0.3, 0.4) is 0 Å². The highest BCUT2D eigenvalue weighted by Gasteiger charge is 2.39. The van der Waals surface area contributed by atoms with Crippen molar-refractivity contribution in [1.29, 1.82) is 0 Å². The van der Waals surface area contributed by atoms with Crippen LogP contribution < -0.4 is 21.5 Å². The van der Waals surface area contributed by atoms with Gasteiger partial charge in [-0.25, -0.2) is 19.0 Å². The van der Waals surface area contributed by atoms with Crippen LogP contribution in [0.15, 0.2) is 52.1 Å². The van der Waals surface area contributed by atoms with Crippen molar-refractivity contribution in [1.82, 2.24) is 19.7 Å². The first-order chi connectivity index (χ1) is 17.1. The van der Waals surface area contributed by atoms with E-state index in [0.717, 1.165) is 10.7 Å². The van der Waals surface area contributed by atoms with Gasteiger partial charge in [-0.3, -0.25) is 9.69 Å². The second-order valence-electron chi connectivity index (χ2n) is 8.35. The van der Waals surface area contributed by atoms with Crippen molar-refractivity contribution in [3.8, 4) is 5.69 Å². The third kappa shape index (κ3) is 3.72. The number of fused-ring (bicyclic) bond motifs is 1. The fourth-order valence-corrected chi connectivity index (χ4v) is 4.72. The van der Waals surface area contributed by atoms with Crippen LogP contribution in [0.2, 0.25) is 0 Å². The first-order valence-corrected chi connectivity index (χ1v) is 10.9. The lowest BCUT2D eigenvalue weighted by molar-refractivity contribution is -0.138. The third-order valence-electron chi connectivity index (χ3n) is 6.33. The SMILES string of the molecule is O=C(O)c1nn(-c2ccc(N3CCNC3=O)cc2)c(=O)n(C2CCc3c2cccc3C(F)(F)F)c1=O. The molecular weight excluding hydrogens is 483 g/mol. The number of hydrogen-bond donors (Lipinski definition) is 2. The molecule has 0 radical (unpaired) electrons. The molecule has 1 aliphatic carbocycles. The summed E-state index contributed by atoms with van der Waals surface area (Å²) < 4.78 is 41.9. The number of alkyl halides is 3. The number of rotatable bonds is 4. The molecule has 3 aromatic rings. The van der Waals surface area contributed by atoms with Gasteiger partial charge in [0.2, 0.25) is 5.69 Å². The average Bonchev–Trinajstić information content (AvgIpc) is 3.45. The number of hydrogen-bond acceptors (Lipinski definition) is 5. The maximum Gasteiger partial charge on any atom is 0.416 e. The Kier molecular flexibility index (Phi) is 5.42. The summed E-state index contributed by atoms with van der Waals surface area (Å²) in [5, 5.41) is 15.9. The van der Waals surface area contributed by atoms with Crippen molar-refractivity contribution < 1.29 is 27.9 Å². The quantitative estimate of drug-likeness (QED) is 0.565. The van der Waals surface area contributed by atoms with E-state index in [1.54, 1.807) is 0 Å². The Balaban J connectivity index is 1.65. The molecule has 5 rings (SSSR count). The van der Waals surface area contributed by atoms with E-state index in [4.69, 9.17) is 0 Å². The van der Waals surface area contributed by atoms with Crippen LogP contribution in [-0.4, -0.2) is 44.5 Å². The highest BCUT2D eigenvalue weighted by molar-refractivity contribution is 5.94. The maximum atomic E-state index is 13.5. The number of nitrogens with zero attached hydrogens (tertiary/aromatic N) is 4. The first-order valence-electron chi connectivity index (χ1n) is 10.9. The molecule has 1 fully saturated rings. The lowest BCUT2D eigenvalue weighted by Gasteiger charge is -2.18. The molecule has 1 aromatic heterocycles. The number of nitrogens with one attached hydrogen (secondary N) is 1. The first kappa shape index (κ1) is 23.3. The van der Waals surface area contributed by atoms with Gasteiger partial charge in [0, 0.05) is 18.8 Å². The number of amides is 2. The lowest BCUT2D eigenvalue weighted by atomic mass is 10.0. The molecule has 0 bridgehead atoms. The minimum Gasteiger partial charge on any atom is -0.476 e. The second-order valence-corrected chi connectivity index (χ2v) is 8.35. The Morgan fingerprint density at radius 1 is 1.06 bits per heavy atom. The monoisotopic (exact) mass is 501 g/mol. The summed E-state index contributed by atoms with van der Waals surface area (Å²) >= 11 is 0. The number of benzene rings is 2. The molecule has 2 amide bonds. The number of carboxylic acids is 1. The molecule has 186 valence electrons. The van der Waals surface area contributed by atoms with Crippen LogP contribution in [0.25, 0.3) is 5.69 Å². The zero-order chi connectivity index (χ0) is 25.8. The number of halogens is 3. The Morgan fingerprint density at radius 2 is 1.75 bits per heavy atom. The van der Waals surface area contributed by atoms with Gasteiger partial charge in [-0.15, -0.1) is 0 Å². The summed E-state index contributed by atoms with van der Waals surface area (Å²) in [6, 6.07) is 8.06. The van der Waals surface area contributed by atoms with Crippen molar-refractivity contribution in [2.24, 2.45) is 0 Å². The van der Waals surface area contributed by atoms with Gasteiger partial charge in [-0.1, -0.05) is 12.1 Å². The summed E-state index contributed by atoms with van der Waals surface area (Å²) in [5.74, 6) is -1.69. The van der Waals surface area contributed by atoms with Gasteiger partial charge in [0.1, 0.15) is 0 Å². The molecule has 0 spiro atoms. The molecule has 1 atom stereocenters. The van der Waals surface area contributed by atoms with Crippen LogP contribution in [0.1, 0.15) is 39.6 Å². The zero-order valence-corrected chi connectivity index (χ0v) is 18.5. The highest BCUT2D eigenvalue weighted by Crippen LogP contribution is 2.41. The van der Waals surface area contributed by atoms with Crippen LogP contribution in [0.4, 0.5) is 23.7 Å². The van der Waals surface area contributed by atoms with Crippen molar-refractivity contribution in [2.45, 2.75) is 25.1 Å². The van der Waals surface area contributed by atoms with E-state index < -0.39 is 40.7 Å². The van der Waals surface area contributed by atoms with Crippen molar-refractivity contribution in [3.63, 3.8) is 0 Å². The number of carbonyl (C=O) groups is 2. The maximum absolute atomic E-state index is 13.5. The summed E-state index contributed by atoms with van der Waals surface area (Å²) in [4.78, 5) is 51.6. The molecule has 36 heavy (non-hydrogen) atoms. The zero-order valence-electron chi connectivity index (χ0n) is 18.5. The third-order valence-corrected chi connectivity index (χ3v) is 6.33. The van der Waals surface area contributed by atoms with Gasteiger partial charge in [0.25, 0.3) is 5.56 Å². The highest BCUT2D eigenvalue weighted by atomic mass is 19.4. The molecule has 10 nitrogen and oxygen atoms in total.